The van der Waals surface area contributed by atoms with Crippen molar-refractivity contribution in [2.75, 3.05) is 5.73 Å². The van der Waals surface area contributed by atoms with E-state index < -0.39 is 0 Å². The number of benzene rings is 2. The van der Waals surface area contributed by atoms with E-state index in [2.05, 4.69) is 15.9 Å². The summed E-state index contributed by atoms with van der Waals surface area (Å²) < 4.78 is 6.77. The molecule has 0 heterocycles. The maximum atomic E-state index is 5.75. The minimum atomic E-state index is 0.566. The highest BCUT2D eigenvalue weighted by Gasteiger charge is 1.99. The molecule has 2 N–H and O–H groups in total. The van der Waals surface area contributed by atoms with Gasteiger partial charge in [0.15, 0.2) is 0 Å². The smallest absolute Gasteiger partial charge is 0.120 e. The molecule has 0 bridgehead atoms. The lowest BCUT2D eigenvalue weighted by Gasteiger charge is -2.08. The van der Waals surface area contributed by atoms with E-state index >= 15 is 0 Å². The van der Waals surface area contributed by atoms with Gasteiger partial charge in [-0.15, -0.1) is 0 Å². The Labute approximate surface area is 110 Å². The molecule has 0 saturated heterocycles. The molecule has 0 aliphatic carbocycles. The molecular weight excluding hydrogens is 278 g/mol. The minimum Gasteiger partial charge on any atom is -0.489 e. The summed E-state index contributed by atoms with van der Waals surface area (Å²) in [7, 11) is 0. The van der Waals surface area contributed by atoms with Crippen molar-refractivity contribution in [2.45, 2.75) is 13.5 Å². The van der Waals surface area contributed by atoms with Crippen molar-refractivity contribution in [3.05, 3.63) is 58.1 Å². The zero-order chi connectivity index (χ0) is 12.3. The van der Waals surface area contributed by atoms with Crippen LogP contribution in [-0.4, -0.2) is 0 Å². The molecule has 17 heavy (non-hydrogen) atoms. The molecule has 0 aliphatic rings. The second-order valence-electron chi connectivity index (χ2n) is 3.93. The van der Waals surface area contributed by atoms with Crippen LogP contribution in [0.5, 0.6) is 5.75 Å². The molecule has 0 unspecified atom stereocenters. The van der Waals surface area contributed by atoms with E-state index in [1.807, 2.05) is 49.4 Å². The van der Waals surface area contributed by atoms with Gasteiger partial charge in [0, 0.05) is 10.2 Å². The third kappa shape index (κ3) is 3.24. The maximum Gasteiger partial charge on any atom is 0.120 e. The van der Waals surface area contributed by atoms with Gasteiger partial charge in [-0.2, -0.15) is 0 Å². The number of rotatable bonds is 3. The second kappa shape index (κ2) is 5.23. The highest BCUT2D eigenvalue weighted by atomic mass is 79.9. The summed E-state index contributed by atoms with van der Waals surface area (Å²) in [5.74, 6) is 0.847. The maximum absolute atomic E-state index is 5.75. The molecule has 0 atom stereocenters. The summed E-state index contributed by atoms with van der Waals surface area (Å²) in [6.07, 6.45) is 0. The van der Waals surface area contributed by atoms with Crippen LogP contribution in [0.1, 0.15) is 11.1 Å². The molecule has 0 amide bonds. The van der Waals surface area contributed by atoms with Crippen LogP contribution in [0.25, 0.3) is 0 Å². The molecule has 3 heteroatoms. The standard InChI is InChI=1S/C14H14BrNO/c1-10-8-13(6-7-14(10)16)17-9-11-2-4-12(15)5-3-11/h2-8H,9,16H2,1H3. The van der Waals surface area contributed by atoms with E-state index in [1.165, 1.54) is 0 Å². The van der Waals surface area contributed by atoms with Crippen LogP contribution in [-0.2, 0) is 6.61 Å². The van der Waals surface area contributed by atoms with E-state index in [1.54, 1.807) is 0 Å². The first kappa shape index (κ1) is 12.0. The van der Waals surface area contributed by atoms with Crippen molar-refractivity contribution in [2.24, 2.45) is 0 Å². The van der Waals surface area contributed by atoms with E-state index in [9.17, 15) is 0 Å². The fourth-order valence-corrected chi connectivity index (χ4v) is 1.75. The van der Waals surface area contributed by atoms with Gasteiger partial charge in [-0.3, -0.25) is 0 Å². The predicted molar refractivity (Wildman–Crippen MR) is 74.1 cm³/mol. The Bertz CT molecular complexity index is 508. The van der Waals surface area contributed by atoms with Gasteiger partial charge >= 0.3 is 0 Å². The summed E-state index contributed by atoms with van der Waals surface area (Å²) in [4.78, 5) is 0. The first-order chi connectivity index (χ1) is 8.15. The van der Waals surface area contributed by atoms with Crippen molar-refractivity contribution in [3.63, 3.8) is 0 Å². The van der Waals surface area contributed by atoms with Gasteiger partial charge in [-0.1, -0.05) is 28.1 Å². The summed E-state index contributed by atoms with van der Waals surface area (Å²) >= 11 is 3.40. The molecule has 0 aromatic heterocycles. The van der Waals surface area contributed by atoms with Crippen LogP contribution in [0.2, 0.25) is 0 Å². The van der Waals surface area contributed by atoms with Crippen LogP contribution < -0.4 is 10.5 Å². The Hall–Kier alpha value is -1.48. The second-order valence-corrected chi connectivity index (χ2v) is 4.85. The topological polar surface area (TPSA) is 35.2 Å². The molecule has 2 aromatic carbocycles. The van der Waals surface area contributed by atoms with Gasteiger partial charge in [0.1, 0.15) is 12.4 Å². The molecule has 2 rings (SSSR count). The zero-order valence-corrected chi connectivity index (χ0v) is 11.2. The first-order valence-corrected chi connectivity index (χ1v) is 6.18. The Morgan fingerprint density at radius 1 is 1.12 bits per heavy atom. The van der Waals surface area contributed by atoms with Crippen LogP contribution in [0.4, 0.5) is 5.69 Å². The first-order valence-electron chi connectivity index (χ1n) is 5.38. The van der Waals surface area contributed by atoms with Gasteiger partial charge < -0.3 is 10.5 Å². The van der Waals surface area contributed by atoms with Crippen molar-refractivity contribution in [1.29, 1.82) is 0 Å². The van der Waals surface area contributed by atoms with Gasteiger partial charge in [0.05, 0.1) is 0 Å². The van der Waals surface area contributed by atoms with Gasteiger partial charge in [-0.25, -0.2) is 0 Å². The van der Waals surface area contributed by atoms with E-state index in [0.29, 0.717) is 6.61 Å². The zero-order valence-electron chi connectivity index (χ0n) is 9.61. The molecule has 0 radical (unpaired) electrons. The minimum absolute atomic E-state index is 0.566. The van der Waals surface area contributed by atoms with Crippen LogP contribution in [0.3, 0.4) is 0 Å². The molecule has 2 aromatic rings. The quantitative estimate of drug-likeness (QED) is 0.870. The molecule has 0 aliphatic heterocycles. The number of ether oxygens (including phenoxy) is 1. The molecule has 0 saturated carbocycles. The fraction of sp³-hybridized carbons (Fsp3) is 0.143. The third-order valence-electron chi connectivity index (χ3n) is 2.56. The summed E-state index contributed by atoms with van der Waals surface area (Å²) in [6.45, 7) is 2.54. The predicted octanol–water partition coefficient (Wildman–Crippen LogP) is 3.92. The SMILES string of the molecule is Cc1cc(OCc2ccc(Br)cc2)ccc1N. The number of nitrogens with two attached hydrogens (primary N) is 1. The summed E-state index contributed by atoms with van der Waals surface area (Å²) in [5, 5.41) is 0. The number of hydrogen-bond acceptors (Lipinski definition) is 2. The molecule has 2 nitrogen and oxygen atoms in total. The lowest BCUT2D eigenvalue weighted by molar-refractivity contribution is 0.306. The average molecular weight is 292 g/mol. The van der Waals surface area contributed by atoms with Gasteiger partial charge in [0.25, 0.3) is 0 Å². The Balaban J connectivity index is 2.02. The monoisotopic (exact) mass is 291 g/mol. The Kier molecular flexibility index (Phi) is 3.69. The van der Waals surface area contributed by atoms with Crippen molar-refractivity contribution in [3.8, 4) is 5.75 Å². The fourth-order valence-electron chi connectivity index (χ4n) is 1.49. The normalized spacial score (nSPS) is 10.2. The summed E-state index contributed by atoms with van der Waals surface area (Å²) in [5.41, 5.74) is 8.73. The highest BCUT2D eigenvalue weighted by Crippen LogP contribution is 2.20. The van der Waals surface area contributed by atoms with E-state index in [-0.39, 0.29) is 0 Å². The lowest BCUT2D eigenvalue weighted by Crippen LogP contribution is -1.96. The lowest BCUT2D eigenvalue weighted by atomic mass is 10.2. The molecule has 88 valence electrons. The van der Waals surface area contributed by atoms with Crippen molar-refractivity contribution >= 4 is 21.6 Å². The Morgan fingerprint density at radius 2 is 1.82 bits per heavy atom. The number of anilines is 1. The highest BCUT2D eigenvalue weighted by molar-refractivity contribution is 9.10. The van der Waals surface area contributed by atoms with Crippen molar-refractivity contribution < 1.29 is 4.74 Å². The molecular formula is C14H14BrNO. The van der Waals surface area contributed by atoms with E-state index in [4.69, 9.17) is 10.5 Å². The largest absolute Gasteiger partial charge is 0.489 e. The molecule has 0 spiro atoms. The number of halogens is 1. The third-order valence-corrected chi connectivity index (χ3v) is 3.09. The van der Waals surface area contributed by atoms with Crippen LogP contribution >= 0.6 is 15.9 Å². The molecule has 0 fully saturated rings. The number of nitrogen functional groups attached to an aromatic ring is 1. The average Bonchev–Trinajstić information content (AvgIpc) is 2.33. The van der Waals surface area contributed by atoms with Gasteiger partial charge in [-0.05, 0) is 48.4 Å². The number of aryl methyl sites for hydroxylation is 1. The van der Waals surface area contributed by atoms with Crippen LogP contribution in [0.15, 0.2) is 46.9 Å². The summed E-state index contributed by atoms with van der Waals surface area (Å²) in [6, 6.07) is 13.8. The van der Waals surface area contributed by atoms with Gasteiger partial charge in [0.2, 0.25) is 0 Å². The Morgan fingerprint density at radius 3 is 2.47 bits per heavy atom. The number of hydrogen-bond donors (Lipinski definition) is 1. The van der Waals surface area contributed by atoms with E-state index in [0.717, 1.165) is 27.0 Å². The van der Waals surface area contributed by atoms with Crippen LogP contribution in [0, 0.1) is 6.92 Å². The van der Waals surface area contributed by atoms with Crippen molar-refractivity contribution in [1.82, 2.24) is 0 Å².